The van der Waals surface area contributed by atoms with Gasteiger partial charge in [-0.1, -0.05) is 29.8 Å². The average molecular weight is 407 g/mol. The molecule has 0 spiro atoms. The smallest absolute Gasteiger partial charge is 0.261 e. The third-order valence-electron chi connectivity index (χ3n) is 4.79. The number of halogens is 2. The molecule has 2 N–H and O–H groups in total. The summed E-state index contributed by atoms with van der Waals surface area (Å²) < 4.78 is 20.1. The largest absolute Gasteiger partial charge is 0.479 e. The first kappa shape index (κ1) is 20.4. The topological polar surface area (TPSA) is 61.8 Å². The maximum atomic E-state index is 14.5. The number of carbonyl (C=O) groups excluding carboxylic acids is 1. The normalized spacial score (nSPS) is 15.9. The van der Waals surface area contributed by atoms with Crippen molar-refractivity contribution in [1.82, 2.24) is 5.32 Å². The molecule has 28 heavy (non-hydrogen) atoms. The molecule has 7 heteroatoms. The summed E-state index contributed by atoms with van der Waals surface area (Å²) in [5, 5.41) is 12.8. The number of aliphatic hydroxyl groups excluding tert-OH is 1. The van der Waals surface area contributed by atoms with Gasteiger partial charge in [-0.3, -0.25) is 4.79 Å². The van der Waals surface area contributed by atoms with Crippen LogP contribution in [0.15, 0.2) is 42.5 Å². The average Bonchev–Trinajstić information content (AvgIpc) is 2.69. The van der Waals surface area contributed by atoms with Crippen LogP contribution in [0.4, 0.5) is 10.1 Å². The van der Waals surface area contributed by atoms with Gasteiger partial charge < -0.3 is 20.1 Å². The van der Waals surface area contributed by atoms with Crippen LogP contribution in [0, 0.1) is 5.82 Å². The summed E-state index contributed by atoms with van der Waals surface area (Å²) in [6.45, 7) is 3.09. The number of rotatable bonds is 6. The Balaban J connectivity index is 1.54. The van der Waals surface area contributed by atoms with Gasteiger partial charge in [0.1, 0.15) is 11.6 Å². The number of para-hydroxylation sites is 1. The number of ether oxygens (including phenoxy) is 1. The summed E-state index contributed by atoms with van der Waals surface area (Å²) >= 11 is 6.03. The van der Waals surface area contributed by atoms with Crippen LogP contribution in [0.25, 0.3) is 0 Å². The van der Waals surface area contributed by atoms with Crippen molar-refractivity contribution >= 4 is 23.2 Å². The van der Waals surface area contributed by atoms with E-state index in [4.69, 9.17) is 16.3 Å². The van der Waals surface area contributed by atoms with Gasteiger partial charge in [-0.15, -0.1) is 0 Å². The molecular formula is C21H24ClFN2O3. The maximum Gasteiger partial charge on any atom is 0.261 e. The van der Waals surface area contributed by atoms with Crippen LogP contribution in [0.5, 0.6) is 5.75 Å². The predicted octanol–water partition coefficient (Wildman–Crippen LogP) is 3.52. The fraction of sp³-hybridized carbons (Fsp3) is 0.381. The zero-order chi connectivity index (χ0) is 20.1. The first-order valence-electron chi connectivity index (χ1n) is 9.34. The van der Waals surface area contributed by atoms with Crippen molar-refractivity contribution in [3.63, 3.8) is 0 Å². The van der Waals surface area contributed by atoms with Crippen LogP contribution >= 0.6 is 11.6 Å². The molecule has 1 aliphatic rings. The zero-order valence-electron chi connectivity index (χ0n) is 15.7. The van der Waals surface area contributed by atoms with E-state index in [1.54, 1.807) is 43.3 Å². The molecule has 3 rings (SSSR count). The number of anilines is 1. The molecule has 1 atom stereocenters. The minimum absolute atomic E-state index is 0.199. The first-order chi connectivity index (χ1) is 13.4. The van der Waals surface area contributed by atoms with Crippen molar-refractivity contribution in [3.8, 4) is 5.75 Å². The Bertz CT molecular complexity index is 825. The number of nitrogens with one attached hydrogen (secondary N) is 1. The first-order valence-corrected chi connectivity index (χ1v) is 9.72. The summed E-state index contributed by atoms with van der Waals surface area (Å²) in [7, 11) is 0. The van der Waals surface area contributed by atoms with Crippen LogP contribution in [-0.2, 0) is 11.3 Å². The summed E-state index contributed by atoms with van der Waals surface area (Å²) in [6.07, 6.45) is 0.244. The Labute approximate surface area is 169 Å². The lowest BCUT2D eigenvalue weighted by Crippen LogP contribution is -2.36. The lowest BCUT2D eigenvalue weighted by atomic mass is 10.1. The van der Waals surface area contributed by atoms with Gasteiger partial charge in [0.2, 0.25) is 0 Å². The second-order valence-corrected chi connectivity index (χ2v) is 7.32. The van der Waals surface area contributed by atoms with E-state index in [1.807, 2.05) is 4.90 Å². The van der Waals surface area contributed by atoms with E-state index >= 15 is 0 Å². The summed E-state index contributed by atoms with van der Waals surface area (Å²) in [6, 6.07) is 11.9. The van der Waals surface area contributed by atoms with Crippen molar-refractivity contribution in [2.75, 3.05) is 18.0 Å². The fourth-order valence-corrected chi connectivity index (χ4v) is 3.32. The predicted molar refractivity (Wildman–Crippen MR) is 107 cm³/mol. The number of carbonyl (C=O) groups is 1. The third kappa shape index (κ3) is 5.14. The van der Waals surface area contributed by atoms with E-state index in [9.17, 15) is 14.3 Å². The summed E-state index contributed by atoms with van der Waals surface area (Å²) in [4.78, 5) is 14.2. The molecule has 1 heterocycles. The molecule has 1 saturated heterocycles. The molecule has 2 aromatic carbocycles. The quantitative estimate of drug-likeness (QED) is 0.770. The number of amides is 1. The molecule has 0 saturated carbocycles. The third-order valence-corrected chi connectivity index (χ3v) is 5.11. The highest BCUT2D eigenvalue weighted by molar-refractivity contribution is 6.32. The molecule has 150 valence electrons. The number of hydrogen-bond acceptors (Lipinski definition) is 4. The van der Waals surface area contributed by atoms with Crippen molar-refractivity contribution in [1.29, 1.82) is 0 Å². The molecule has 0 bridgehead atoms. The second kappa shape index (κ2) is 9.26. The molecule has 2 aromatic rings. The van der Waals surface area contributed by atoms with Crippen LogP contribution in [-0.4, -0.2) is 36.3 Å². The second-order valence-electron chi connectivity index (χ2n) is 6.91. The molecular weight excluding hydrogens is 383 g/mol. The van der Waals surface area contributed by atoms with Crippen molar-refractivity contribution in [3.05, 3.63) is 58.9 Å². The van der Waals surface area contributed by atoms with Crippen LogP contribution < -0.4 is 15.0 Å². The van der Waals surface area contributed by atoms with E-state index < -0.39 is 6.10 Å². The van der Waals surface area contributed by atoms with Gasteiger partial charge in [-0.2, -0.15) is 0 Å². The number of benzene rings is 2. The fourth-order valence-electron chi connectivity index (χ4n) is 3.14. The van der Waals surface area contributed by atoms with Gasteiger partial charge in [0.05, 0.1) is 16.8 Å². The highest BCUT2D eigenvalue weighted by Gasteiger charge is 2.20. The SMILES string of the molecule is CC(Oc1ccccc1Cl)C(=O)NCc1ccc(N2CCC(O)CC2)c(F)c1. The van der Waals surface area contributed by atoms with Crippen molar-refractivity contribution < 1.29 is 19.0 Å². The van der Waals surface area contributed by atoms with Gasteiger partial charge in [-0.25, -0.2) is 4.39 Å². The molecule has 0 aliphatic carbocycles. The van der Waals surface area contributed by atoms with Gasteiger partial charge in [0.15, 0.2) is 6.10 Å². The highest BCUT2D eigenvalue weighted by Crippen LogP contribution is 2.25. The van der Waals surface area contributed by atoms with E-state index in [0.29, 0.717) is 48.0 Å². The summed E-state index contributed by atoms with van der Waals surface area (Å²) in [5.41, 5.74) is 1.19. The molecule has 1 aliphatic heterocycles. The minimum Gasteiger partial charge on any atom is -0.479 e. The van der Waals surface area contributed by atoms with Gasteiger partial charge in [0.25, 0.3) is 5.91 Å². The molecule has 0 aromatic heterocycles. The van der Waals surface area contributed by atoms with E-state index in [1.165, 1.54) is 6.07 Å². The minimum atomic E-state index is -0.733. The van der Waals surface area contributed by atoms with Gasteiger partial charge in [0, 0.05) is 19.6 Å². The van der Waals surface area contributed by atoms with Crippen molar-refractivity contribution in [2.24, 2.45) is 0 Å². The number of aliphatic hydroxyl groups is 1. The molecule has 1 amide bonds. The van der Waals surface area contributed by atoms with Crippen LogP contribution in [0.3, 0.4) is 0 Å². The monoisotopic (exact) mass is 406 g/mol. The zero-order valence-corrected chi connectivity index (χ0v) is 16.5. The lowest BCUT2D eigenvalue weighted by molar-refractivity contribution is -0.127. The summed E-state index contributed by atoms with van der Waals surface area (Å²) in [5.74, 6) is -0.202. The number of piperidine rings is 1. The van der Waals surface area contributed by atoms with Crippen molar-refractivity contribution in [2.45, 2.75) is 38.5 Å². The number of nitrogens with zero attached hydrogens (tertiary/aromatic N) is 1. The van der Waals surface area contributed by atoms with E-state index in [0.717, 1.165) is 0 Å². The number of hydrogen-bond donors (Lipinski definition) is 2. The van der Waals surface area contributed by atoms with Gasteiger partial charge >= 0.3 is 0 Å². The van der Waals surface area contributed by atoms with Gasteiger partial charge in [-0.05, 0) is 49.6 Å². The Hall–Kier alpha value is -2.31. The Morgan fingerprint density at radius 1 is 1.32 bits per heavy atom. The Morgan fingerprint density at radius 3 is 2.71 bits per heavy atom. The lowest BCUT2D eigenvalue weighted by Gasteiger charge is -2.31. The molecule has 1 fully saturated rings. The highest BCUT2D eigenvalue weighted by atomic mass is 35.5. The van der Waals surface area contributed by atoms with Crippen LogP contribution in [0.2, 0.25) is 5.02 Å². The Kier molecular flexibility index (Phi) is 6.75. The van der Waals surface area contributed by atoms with Crippen LogP contribution in [0.1, 0.15) is 25.3 Å². The Morgan fingerprint density at radius 2 is 2.04 bits per heavy atom. The standard InChI is InChI=1S/C21H24ClFN2O3/c1-14(28-20-5-3-2-4-17(20)22)21(27)24-13-15-6-7-19(18(23)12-15)25-10-8-16(26)9-11-25/h2-7,12,14,16,26H,8-11,13H2,1H3,(H,24,27). The molecule has 0 radical (unpaired) electrons. The van der Waals surface area contributed by atoms with E-state index in [2.05, 4.69) is 5.32 Å². The van der Waals surface area contributed by atoms with E-state index in [-0.39, 0.29) is 24.4 Å². The maximum absolute atomic E-state index is 14.5. The molecule has 1 unspecified atom stereocenters. The molecule has 5 nitrogen and oxygen atoms in total.